The van der Waals surface area contributed by atoms with E-state index in [2.05, 4.69) is 29.4 Å². The summed E-state index contributed by atoms with van der Waals surface area (Å²) in [7, 11) is 1.95. The Morgan fingerprint density at radius 1 is 1.00 bits per heavy atom. The number of aromatic nitrogens is 1. The monoisotopic (exact) mass is 278 g/mol. The van der Waals surface area contributed by atoms with Crippen molar-refractivity contribution in [3.63, 3.8) is 0 Å². The van der Waals surface area contributed by atoms with Crippen molar-refractivity contribution in [1.82, 2.24) is 10.3 Å². The fraction of sp³-hybridized carbons (Fsp3) is 0.167. The molecule has 0 saturated carbocycles. The Balaban J connectivity index is 1.81. The van der Waals surface area contributed by atoms with E-state index in [-0.39, 0.29) is 0 Å². The third kappa shape index (κ3) is 3.03. The van der Waals surface area contributed by atoms with Crippen LogP contribution in [0.25, 0.3) is 10.9 Å². The fourth-order valence-corrected chi connectivity index (χ4v) is 2.23. The number of hydrogen-bond acceptors (Lipinski definition) is 3. The number of benzene rings is 2. The van der Waals surface area contributed by atoms with Crippen LogP contribution in [0.3, 0.4) is 0 Å². The van der Waals surface area contributed by atoms with Crippen LogP contribution in [-0.4, -0.2) is 12.0 Å². The molecule has 0 aliphatic carbocycles. The van der Waals surface area contributed by atoms with Gasteiger partial charge in [-0.3, -0.25) is 4.98 Å². The van der Waals surface area contributed by atoms with Crippen molar-refractivity contribution >= 4 is 10.9 Å². The second kappa shape index (κ2) is 5.94. The molecule has 21 heavy (non-hydrogen) atoms. The van der Waals surface area contributed by atoms with Crippen LogP contribution in [0.5, 0.6) is 11.5 Å². The molecule has 2 aromatic carbocycles. The quantitative estimate of drug-likeness (QED) is 0.772. The summed E-state index contributed by atoms with van der Waals surface area (Å²) in [6.07, 6.45) is 1.76. The summed E-state index contributed by atoms with van der Waals surface area (Å²) in [4.78, 5) is 4.40. The van der Waals surface area contributed by atoms with Gasteiger partial charge in [-0.1, -0.05) is 30.3 Å². The maximum atomic E-state index is 5.87. The van der Waals surface area contributed by atoms with E-state index in [1.807, 2.05) is 49.5 Å². The van der Waals surface area contributed by atoms with Gasteiger partial charge in [0.25, 0.3) is 0 Å². The lowest BCUT2D eigenvalue weighted by atomic mass is 10.1. The molecule has 1 heterocycles. The lowest BCUT2D eigenvalue weighted by Crippen LogP contribution is -2.11. The largest absolute Gasteiger partial charge is 0.456 e. The van der Waals surface area contributed by atoms with Gasteiger partial charge >= 0.3 is 0 Å². The maximum Gasteiger partial charge on any atom is 0.146 e. The standard InChI is InChI=1S/C18H18N2O/c1-13(19-2)14-7-9-16(10-8-14)21-17-11-15-5-3-4-6-18(15)20-12-17/h3-13,19H,1-2H3. The number of nitrogens with zero attached hydrogens (tertiary/aromatic N) is 1. The first kappa shape index (κ1) is 13.6. The Labute approximate surface area is 124 Å². The predicted octanol–water partition coefficient (Wildman–Crippen LogP) is 4.31. The average Bonchev–Trinajstić information content (AvgIpc) is 2.55. The summed E-state index contributed by atoms with van der Waals surface area (Å²) >= 11 is 0. The zero-order valence-electron chi connectivity index (χ0n) is 12.2. The minimum absolute atomic E-state index is 0.335. The molecular formula is C18H18N2O. The molecule has 0 aliphatic rings. The van der Waals surface area contributed by atoms with Crippen LogP contribution in [0.2, 0.25) is 0 Å². The molecule has 3 heteroatoms. The Kier molecular flexibility index (Phi) is 3.84. The molecule has 1 atom stereocenters. The summed E-state index contributed by atoms with van der Waals surface area (Å²) in [5.74, 6) is 1.57. The van der Waals surface area contributed by atoms with E-state index >= 15 is 0 Å². The number of hydrogen-bond donors (Lipinski definition) is 1. The van der Waals surface area contributed by atoms with Gasteiger partial charge in [-0.2, -0.15) is 0 Å². The predicted molar refractivity (Wildman–Crippen MR) is 85.7 cm³/mol. The molecule has 106 valence electrons. The highest BCUT2D eigenvalue weighted by Gasteiger charge is 2.04. The van der Waals surface area contributed by atoms with Gasteiger partial charge in [0, 0.05) is 11.4 Å². The van der Waals surface area contributed by atoms with Gasteiger partial charge in [0.2, 0.25) is 0 Å². The summed E-state index contributed by atoms with van der Waals surface area (Å²) in [6.45, 7) is 2.13. The van der Waals surface area contributed by atoms with Gasteiger partial charge in [-0.05, 0) is 43.8 Å². The third-order valence-corrected chi connectivity index (χ3v) is 3.61. The van der Waals surface area contributed by atoms with Crippen molar-refractivity contribution in [2.45, 2.75) is 13.0 Å². The van der Waals surface area contributed by atoms with Crippen molar-refractivity contribution in [2.24, 2.45) is 0 Å². The van der Waals surface area contributed by atoms with Gasteiger partial charge in [-0.15, -0.1) is 0 Å². The highest BCUT2D eigenvalue weighted by atomic mass is 16.5. The molecule has 3 aromatic rings. The highest BCUT2D eigenvalue weighted by Crippen LogP contribution is 2.25. The SMILES string of the molecule is CNC(C)c1ccc(Oc2cnc3ccccc3c2)cc1. The van der Waals surface area contributed by atoms with Crippen LogP contribution in [0.15, 0.2) is 60.8 Å². The van der Waals surface area contributed by atoms with Crippen LogP contribution in [0, 0.1) is 0 Å². The first-order valence-corrected chi connectivity index (χ1v) is 7.06. The zero-order valence-corrected chi connectivity index (χ0v) is 12.2. The highest BCUT2D eigenvalue weighted by molar-refractivity contribution is 5.79. The molecule has 3 nitrogen and oxygen atoms in total. The number of para-hydroxylation sites is 1. The van der Waals surface area contributed by atoms with Crippen molar-refractivity contribution in [1.29, 1.82) is 0 Å². The van der Waals surface area contributed by atoms with E-state index in [1.165, 1.54) is 5.56 Å². The van der Waals surface area contributed by atoms with Crippen LogP contribution < -0.4 is 10.1 Å². The number of pyridine rings is 1. The minimum atomic E-state index is 0.335. The molecule has 1 N–H and O–H groups in total. The van der Waals surface area contributed by atoms with Crippen LogP contribution in [0.4, 0.5) is 0 Å². The number of rotatable bonds is 4. The summed E-state index contributed by atoms with van der Waals surface area (Å²) in [5, 5.41) is 4.30. The smallest absolute Gasteiger partial charge is 0.146 e. The molecule has 0 amide bonds. The van der Waals surface area contributed by atoms with Crippen molar-refractivity contribution < 1.29 is 4.74 Å². The van der Waals surface area contributed by atoms with Crippen LogP contribution in [0.1, 0.15) is 18.5 Å². The molecule has 0 fully saturated rings. The molecule has 0 radical (unpaired) electrons. The Bertz CT molecular complexity index is 738. The fourth-order valence-electron chi connectivity index (χ4n) is 2.23. The van der Waals surface area contributed by atoms with Crippen molar-refractivity contribution in [2.75, 3.05) is 7.05 Å². The summed E-state index contributed by atoms with van der Waals surface area (Å²) in [6, 6.07) is 18.5. The van der Waals surface area contributed by atoms with Gasteiger partial charge < -0.3 is 10.1 Å². The van der Waals surface area contributed by atoms with Crippen molar-refractivity contribution in [3.05, 3.63) is 66.4 Å². The molecule has 1 aromatic heterocycles. The third-order valence-electron chi connectivity index (χ3n) is 3.61. The molecule has 1 unspecified atom stereocenters. The molecule has 3 rings (SSSR count). The zero-order chi connectivity index (χ0) is 14.7. The lowest BCUT2D eigenvalue weighted by Gasteiger charge is -2.11. The average molecular weight is 278 g/mol. The van der Waals surface area contributed by atoms with Gasteiger partial charge in [0.05, 0.1) is 11.7 Å². The van der Waals surface area contributed by atoms with Gasteiger partial charge in [0.15, 0.2) is 0 Å². The van der Waals surface area contributed by atoms with Gasteiger partial charge in [-0.25, -0.2) is 0 Å². The van der Waals surface area contributed by atoms with Crippen LogP contribution in [-0.2, 0) is 0 Å². The van der Waals surface area contributed by atoms with E-state index in [0.29, 0.717) is 6.04 Å². The maximum absolute atomic E-state index is 5.87. The minimum Gasteiger partial charge on any atom is -0.456 e. The van der Waals surface area contributed by atoms with E-state index in [1.54, 1.807) is 6.20 Å². The number of ether oxygens (including phenoxy) is 1. The first-order chi connectivity index (χ1) is 10.3. The molecular weight excluding hydrogens is 260 g/mol. The number of nitrogens with one attached hydrogen (secondary N) is 1. The van der Waals surface area contributed by atoms with Crippen molar-refractivity contribution in [3.8, 4) is 11.5 Å². The van der Waals surface area contributed by atoms with E-state index in [0.717, 1.165) is 22.4 Å². The Hall–Kier alpha value is -2.39. The van der Waals surface area contributed by atoms with E-state index in [4.69, 9.17) is 4.74 Å². The lowest BCUT2D eigenvalue weighted by molar-refractivity contribution is 0.480. The second-order valence-electron chi connectivity index (χ2n) is 5.05. The molecule has 0 saturated heterocycles. The molecule has 0 spiro atoms. The Morgan fingerprint density at radius 3 is 2.52 bits per heavy atom. The Morgan fingerprint density at radius 2 is 1.76 bits per heavy atom. The van der Waals surface area contributed by atoms with Gasteiger partial charge in [0.1, 0.15) is 11.5 Å². The number of fused-ring (bicyclic) bond motifs is 1. The molecule has 0 bridgehead atoms. The first-order valence-electron chi connectivity index (χ1n) is 7.06. The summed E-state index contributed by atoms with van der Waals surface area (Å²) in [5.41, 5.74) is 2.21. The summed E-state index contributed by atoms with van der Waals surface area (Å²) < 4.78 is 5.87. The topological polar surface area (TPSA) is 34.1 Å². The van der Waals surface area contributed by atoms with Crippen LogP contribution >= 0.6 is 0 Å². The van der Waals surface area contributed by atoms with E-state index < -0.39 is 0 Å². The molecule has 0 aliphatic heterocycles. The normalized spacial score (nSPS) is 12.3. The van der Waals surface area contributed by atoms with E-state index in [9.17, 15) is 0 Å². The second-order valence-corrected chi connectivity index (χ2v) is 5.05.